The lowest BCUT2D eigenvalue weighted by molar-refractivity contribution is -0.158. The molecule has 1 atom stereocenters. The number of esters is 1. The smallest absolute Gasteiger partial charge is 0.306 e. The average Bonchev–Trinajstić information content (AvgIpc) is 2.22. The summed E-state index contributed by atoms with van der Waals surface area (Å²) in [5.74, 6) is 0.179. The van der Waals surface area contributed by atoms with E-state index in [-0.39, 0.29) is 5.97 Å². The molecule has 0 bridgehead atoms. The molecule has 0 aromatic carbocycles. The van der Waals surface area contributed by atoms with Crippen molar-refractivity contribution in [2.75, 3.05) is 20.7 Å². The molecule has 0 heterocycles. The Kier molecular flexibility index (Phi) is 8.20. The van der Waals surface area contributed by atoms with Crippen molar-refractivity contribution in [1.29, 1.82) is 0 Å². The molecule has 0 amide bonds. The minimum absolute atomic E-state index is 0.117. The quantitative estimate of drug-likeness (QED) is 0.496. The van der Waals surface area contributed by atoms with E-state index < -0.39 is 5.60 Å². The first kappa shape index (κ1) is 17.4. The molecule has 0 fully saturated rings. The van der Waals surface area contributed by atoms with Crippen molar-refractivity contribution in [3.8, 4) is 0 Å². The second-order valence-corrected chi connectivity index (χ2v) is 5.79. The van der Waals surface area contributed by atoms with Gasteiger partial charge in [-0.15, -0.1) is 0 Å². The van der Waals surface area contributed by atoms with Crippen molar-refractivity contribution < 1.29 is 14.4 Å². The van der Waals surface area contributed by atoms with Crippen LogP contribution in [0.5, 0.6) is 0 Å². The number of nitrogens with zero attached hydrogens (tertiary/aromatic N) is 1. The van der Waals surface area contributed by atoms with Gasteiger partial charge in [0.25, 0.3) is 0 Å². The second kappa shape index (κ2) is 8.48. The molecule has 0 aliphatic rings. The van der Waals surface area contributed by atoms with E-state index in [1.54, 1.807) is 12.2 Å². The summed E-state index contributed by atoms with van der Waals surface area (Å²) in [7, 11) is 3.53. The van der Waals surface area contributed by atoms with Gasteiger partial charge < -0.3 is 9.57 Å². The van der Waals surface area contributed by atoms with Gasteiger partial charge in [-0.25, -0.2) is 0 Å². The number of unbranched alkanes of at least 4 members (excludes halogenated alkanes) is 1. The maximum atomic E-state index is 11.8. The molecule has 4 nitrogen and oxygen atoms in total. The van der Waals surface area contributed by atoms with Gasteiger partial charge in [0.15, 0.2) is 0 Å². The molecule has 0 radical (unpaired) electrons. The number of hydroxylamine groups is 2. The van der Waals surface area contributed by atoms with E-state index >= 15 is 0 Å². The average molecular weight is 259 g/mol. The molecular weight excluding hydrogens is 230 g/mol. The van der Waals surface area contributed by atoms with E-state index in [2.05, 4.69) is 6.92 Å². The summed E-state index contributed by atoms with van der Waals surface area (Å²) in [4.78, 5) is 16.9. The lowest BCUT2D eigenvalue weighted by Gasteiger charge is -2.24. The molecule has 0 saturated carbocycles. The summed E-state index contributed by atoms with van der Waals surface area (Å²) in [6, 6.07) is 0. The van der Waals surface area contributed by atoms with E-state index in [9.17, 15) is 4.79 Å². The van der Waals surface area contributed by atoms with Crippen LogP contribution in [0.1, 0.15) is 53.4 Å². The van der Waals surface area contributed by atoms with Crippen LogP contribution in [0.15, 0.2) is 0 Å². The lowest BCUT2D eigenvalue weighted by Crippen LogP contribution is -2.29. The Morgan fingerprint density at radius 2 is 1.94 bits per heavy atom. The van der Waals surface area contributed by atoms with E-state index in [1.165, 1.54) is 0 Å². The molecule has 1 unspecified atom stereocenters. The third kappa shape index (κ3) is 9.42. The van der Waals surface area contributed by atoms with Gasteiger partial charge in [-0.05, 0) is 33.1 Å². The third-order valence-electron chi connectivity index (χ3n) is 2.67. The summed E-state index contributed by atoms with van der Waals surface area (Å²) in [6.45, 7) is 8.61. The van der Waals surface area contributed by atoms with E-state index in [0.717, 1.165) is 25.8 Å². The van der Waals surface area contributed by atoms with E-state index in [4.69, 9.17) is 9.57 Å². The normalized spacial score (nSPS) is 13.7. The first-order valence-corrected chi connectivity index (χ1v) is 6.75. The molecule has 0 saturated heterocycles. The van der Waals surface area contributed by atoms with E-state index in [1.807, 2.05) is 27.8 Å². The van der Waals surface area contributed by atoms with Crippen molar-refractivity contribution in [1.82, 2.24) is 5.06 Å². The SMILES string of the molecule is CCCCC(CC(=O)OC(C)(C)C)CN(C)OC. The number of ether oxygens (including phenoxy) is 1. The Morgan fingerprint density at radius 3 is 2.39 bits per heavy atom. The summed E-state index contributed by atoms with van der Waals surface area (Å²) >= 11 is 0. The molecule has 18 heavy (non-hydrogen) atoms. The van der Waals surface area contributed by atoms with Gasteiger partial charge in [-0.3, -0.25) is 4.79 Å². The number of carbonyl (C=O) groups is 1. The molecule has 108 valence electrons. The predicted molar refractivity (Wildman–Crippen MR) is 73.1 cm³/mol. The van der Waals surface area contributed by atoms with Crippen LogP contribution in [-0.4, -0.2) is 37.3 Å². The van der Waals surface area contributed by atoms with Crippen LogP contribution in [0.25, 0.3) is 0 Å². The zero-order chi connectivity index (χ0) is 14.2. The molecule has 0 N–H and O–H groups in total. The fraction of sp³-hybridized carbons (Fsp3) is 0.929. The molecule has 0 rings (SSSR count). The molecule has 0 aliphatic carbocycles. The third-order valence-corrected chi connectivity index (χ3v) is 2.67. The number of hydrogen-bond donors (Lipinski definition) is 0. The minimum atomic E-state index is -0.403. The number of carbonyl (C=O) groups excluding carboxylic acids is 1. The fourth-order valence-corrected chi connectivity index (χ4v) is 1.81. The Hall–Kier alpha value is -0.610. The Balaban J connectivity index is 4.25. The van der Waals surface area contributed by atoms with Crippen LogP contribution >= 0.6 is 0 Å². The van der Waals surface area contributed by atoms with Crippen molar-refractivity contribution in [3.05, 3.63) is 0 Å². The van der Waals surface area contributed by atoms with Crippen molar-refractivity contribution in [3.63, 3.8) is 0 Å². The molecular formula is C14H29NO3. The number of rotatable bonds is 8. The fourth-order valence-electron chi connectivity index (χ4n) is 1.81. The Labute approximate surface area is 112 Å². The Morgan fingerprint density at radius 1 is 1.33 bits per heavy atom. The first-order valence-electron chi connectivity index (χ1n) is 6.75. The monoisotopic (exact) mass is 259 g/mol. The van der Waals surface area contributed by atoms with Crippen molar-refractivity contribution in [2.24, 2.45) is 5.92 Å². The van der Waals surface area contributed by atoms with Crippen LogP contribution in [0.4, 0.5) is 0 Å². The Bertz CT molecular complexity index is 236. The van der Waals surface area contributed by atoms with Crippen LogP contribution in [-0.2, 0) is 14.4 Å². The highest BCUT2D eigenvalue weighted by molar-refractivity contribution is 5.70. The maximum Gasteiger partial charge on any atom is 0.306 e. The van der Waals surface area contributed by atoms with Gasteiger partial charge in [0.05, 0.1) is 7.11 Å². The van der Waals surface area contributed by atoms with Gasteiger partial charge in [-0.2, -0.15) is 5.06 Å². The van der Waals surface area contributed by atoms with Crippen LogP contribution < -0.4 is 0 Å². The van der Waals surface area contributed by atoms with Gasteiger partial charge in [0.2, 0.25) is 0 Å². The topological polar surface area (TPSA) is 38.8 Å². The van der Waals surface area contributed by atoms with Crippen molar-refractivity contribution >= 4 is 5.97 Å². The van der Waals surface area contributed by atoms with Crippen LogP contribution in [0.2, 0.25) is 0 Å². The highest BCUT2D eigenvalue weighted by atomic mass is 16.7. The zero-order valence-corrected chi connectivity index (χ0v) is 12.8. The molecule has 0 aromatic rings. The zero-order valence-electron chi connectivity index (χ0n) is 12.8. The number of hydrogen-bond acceptors (Lipinski definition) is 4. The van der Waals surface area contributed by atoms with Gasteiger partial charge in [0, 0.05) is 20.0 Å². The van der Waals surface area contributed by atoms with Gasteiger partial charge >= 0.3 is 5.97 Å². The summed E-state index contributed by atoms with van der Waals surface area (Å²) in [5.41, 5.74) is -0.403. The maximum absolute atomic E-state index is 11.8. The molecule has 0 aliphatic heterocycles. The van der Waals surface area contributed by atoms with Crippen LogP contribution in [0, 0.1) is 5.92 Å². The molecule has 4 heteroatoms. The predicted octanol–water partition coefficient (Wildman–Crippen LogP) is 3.02. The summed E-state index contributed by atoms with van der Waals surface area (Å²) < 4.78 is 5.37. The summed E-state index contributed by atoms with van der Waals surface area (Å²) in [5, 5.41) is 1.77. The standard InChI is InChI=1S/C14H29NO3/c1-7-8-9-12(11-15(5)17-6)10-13(16)18-14(2,3)4/h12H,7-11H2,1-6H3. The van der Waals surface area contributed by atoms with Crippen LogP contribution in [0.3, 0.4) is 0 Å². The van der Waals surface area contributed by atoms with Crippen molar-refractivity contribution in [2.45, 2.75) is 59.0 Å². The highest BCUT2D eigenvalue weighted by Gasteiger charge is 2.21. The minimum Gasteiger partial charge on any atom is -0.460 e. The highest BCUT2D eigenvalue weighted by Crippen LogP contribution is 2.17. The van der Waals surface area contributed by atoms with Gasteiger partial charge in [-0.1, -0.05) is 19.8 Å². The van der Waals surface area contributed by atoms with E-state index in [0.29, 0.717) is 12.3 Å². The molecule has 0 aromatic heterocycles. The largest absolute Gasteiger partial charge is 0.460 e. The lowest BCUT2D eigenvalue weighted by atomic mass is 9.98. The van der Waals surface area contributed by atoms with Gasteiger partial charge in [0.1, 0.15) is 5.60 Å². The first-order chi connectivity index (χ1) is 8.28. The summed E-state index contributed by atoms with van der Waals surface area (Å²) in [6.07, 6.45) is 3.76. The second-order valence-electron chi connectivity index (χ2n) is 5.79. The molecule has 0 spiro atoms.